The second-order valence-electron chi connectivity index (χ2n) is 5.41. The second-order valence-corrected chi connectivity index (χ2v) is 5.41. The van der Waals surface area contributed by atoms with Gasteiger partial charge in [-0.2, -0.15) is 0 Å². The lowest BCUT2D eigenvalue weighted by molar-refractivity contribution is -0.384. The highest BCUT2D eigenvalue weighted by Gasteiger charge is 2.08. The smallest absolute Gasteiger partial charge is 0.269 e. The molecule has 1 atom stereocenters. The molecule has 0 saturated carbocycles. The predicted octanol–water partition coefficient (Wildman–Crippen LogP) is 3.88. The molecule has 6 nitrogen and oxygen atoms in total. The summed E-state index contributed by atoms with van der Waals surface area (Å²) in [5, 5.41) is 13.5. The standard InChI is InChI=1S/C19H20N2O4/c1-3-25-18-11-7-16(8-12-18)14(2)20-19(22)13-6-15-4-9-17(10-5-15)21(23)24/h4-14H,3H2,1-2H3,(H,20,22)/b13-6+/t14-/m1/s1. The minimum atomic E-state index is -0.460. The number of nitrogens with zero attached hydrogens (tertiary/aromatic N) is 1. The first kappa shape index (κ1) is 18.2. The molecule has 0 saturated heterocycles. The zero-order chi connectivity index (χ0) is 18.2. The molecular formula is C19H20N2O4. The number of ether oxygens (including phenoxy) is 1. The SMILES string of the molecule is CCOc1ccc([C@@H](C)NC(=O)/C=C/c2ccc([N+](=O)[O-])cc2)cc1. The first-order valence-corrected chi connectivity index (χ1v) is 7.95. The first-order valence-electron chi connectivity index (χ1n) is 7.95. The summed E-state index contributed by atoms with van der Waals surface area (Å²) in [6, 6.07) is 13.4. The van der Waals surface area contributed by atoms with E-state index < -0.39 is 4.92 Å². The van der Waals surface area contributed by atoms with Gasteiger partial charge in [0, 0.05) is 18.2 Å². The van der Waals surface area contributed by atoms with E-state index in [1.165, 1.54) is 18.2 Å². The van der Waals surface area contributed by atoms with Gasteiger partial charge in [0.15, 0.2) is 0 Å². The van der Waals surface area contributed by atoms with Crippen molar-refractivity contribution in [3.8, 4) is 5.75 Å². The van der Waals surface area contributed by atoms with Crippen molar-refractivity contribution in [3.63, 3.8) is 0 Å². The highest BCUT2D eigenvalue weighted by Crippen LogP contribution is 2.18. The van der Waals surface area contributed by atoms with Gasteiger partial charge in [0.05, 0.1) is 17.6 Å². The summed E-state index contributed by atoms with van der Waals surface area (Å²) in [7, 11) is 0. The van der Waals surface area contributed by atoms with E-state index in [9.17, 15) is 14.9 Å². The molecule has 0 fully saturated rings. The highest BCUT2D eigenvalue weighted by atomic mass is 16.6. The number of nitro benzene ring substituents is 1. The Morgan fingerprint density at radius 2 is 1.84 bits per heavy atom. The average molecular weight is 340 g/mol. The van der Waals surface area contributed by atoms with Gasteiger partial charge >= 0.3 is 0 Å². The van der Waals surface area contributed by atoms with Crippen molar-refractivity contribution < 1.29 is 14.5 Å². The lowest BCUT2D eigenvalue weighted by Gasteiger charge is -2.13. The van der Waals surface area contributed by atoms with Crippen molar-refractivity contribution in [2.75, 3.05) is 6.61 Å². The lowest BCUT2D eigenvalue weighted by Crippen LogP contribution is -2.24. The number of rotatable bonds is 7. The van der Waals surface area contributed by atoms with Crippen molar-refractivity contribution >= 4 is 17.7 Å². The largest absolute Gasteiger partial charge is 0.494 e. The first-order chi connectivity index (χ1) is 12.0. The molecule has 0 bridgehead atoms. The maximum absolute atomic E-state index is 12.0. The van der Waals surface area contributed by atoms with Crippen molar-refractivity contribution in [1.29, 1.82) is 0 Å². The third-order valence-electron chi connectivity index (χ3n) is 3.58. The summed E-state index contributed by atoms with van der Waals surface area (Å²) in [6.45, 7) is 4.43. The van der Waals surface area contributed by atoms with Crippen LogP contribution >= 0.6 is 0 Å². The van der Waals surface area contributed by atoms with Crippen LogP contribution in [0.3, 0.4) is 0 Å². The van der Waals surface area contributed by atoms with Gasteiger partial charge in [0.25, 0.3) is 5.69 Å². The van der Waals surface area contributed by atoms with Crippen LogP contribution in [0.25, 0.3) is 6.08 Å². The fraction of sp³-hybridized carbons (Fsp3) is 0.211. The molecule has 0 heterocycles. The van der Waals surface area contributed by atoms with Gasteiger partial charge in [-0.3, -0.25) is 14.9 Å². The van der Waals surface area contributed by atoms with Crippen LogP contribution in [0.2, 0.25) is 0 Å². The van der Waals surface area contributed by atoms with Crippen LogP contribution in [0, 0.1) is 10.1 Å². The van der Waals surface area contributed by atoms with Crippen molar-refractivity contribution in [2.24, 2.45) is 0 Å². The summed E-state index contributed by atoms with van der Waals surface area (Å²) in [4.78, 5) is 22.2. The van der Waals surface area contributed by atoms with Crippen LogP contribution in [0.5, 0.6) is 5.75 Å². The molecule has 0 aliphatic rings. The second kappa shape index (κ2) is 8.63. The highest BCUT2D eigenvalue weighted by molar-refractivity contribution is 5.92. The van der Waals surface area contributed by atoms with E-state index in [1.807, 2.05) is 38.1 Å². The van der Waals surface area contributed by atoms with Crippen LogP contribution in [0.15, 0.2) is 54.6 Å². The van der Waals surface area contributed by atoms with Gasteiger partial charge in [0.1, 0.15) is 5.75 Å². The number of carbonyl (C=O) groups is 1. The van der Waals surface area contributed by atoms with Gasteiger partial charge in [-0.15, -0.1) is 0 Å². The molecular weight excluding hydrogens is 320 g/mol. The van der Waals surface area contributed by atoms with Gasteiger partial charge in [-0.1, -0.05) is 12.1 Å². The Morgan fingerprint density at radius 1 is 1.20 bits per heavy atom. The fourth-order valence-electron chi connectivity index (χ4n) is 2.24. The summed E-state index contributed by atoms with van der Waals surface area (Å²) in [6.07, 6.45) is 3.02. The van der Waals surface area contributed by atoms with Crippen molar-refractivity contribution in [1.82, 2.24) is 5.32 Å². The number of nitro groups is 1. The average Bonchev–Trinajstić information content (AvgIpc) is 2.61. The number of non-ortho nitro benzene ring substituents is 1. The molecule has 0 radical (unpaired) electrons. The third kappa shape index (κ3) is 5.46. The summed E-state index contributed by atoms with van der Waals surface area (Å²) >= 11 is 0. The van der Waals surface area contributed by atoms with E-state index in [1.54, 1.807) is 18.2 Å². The van der Waals surface area contributed by atoms with Crippen LogP contribution in [-0.4, -0.2) is 17.4 Å². The quantitative estimate of drug-likeness (QED) is 0.471. The lowest BCUT2D eigenvalue weighted by atomic mass is 10.1. The topological polar surface area (TPSA) is 81.5 Å². The molecule has 1 N–H and O–H groups in total. The molecule has 2 rings (SSSR count). The molecule has 0 aliphatic carbocycles. The molecule has 130 valence electrons. The number of nitrogens with one attached hydrogen (secondary N) is 1. The van der Waals surface area contributed by atoms with Gasteiger partial charge in [-0.25, -0.2) is 0 Å². The Bertz CT molecular complexity index is 752. The molecule has 2 aromatic rings. The predicted molar refractivity (Wildman–Crippen MR) is 96.3 cm³/mol. The monoisotopic (exact) mass is 340 g/mol. The van der Waals surface area contributed by atoms with Gasteiger partial charge in [0.2, 0.25) is 5.91 Å². The maximum atomic E-state index is 12.0. The molecule has 1 amide bonds. The summed E-state index contributed by atoms with van der Waals surface area (Å²) < 4.78 is 5.39. The Labute approximate surface area is 146 Å². The molecule has 0 aliphatic heterocycles. The van der Waals surface area contributed by atoms with Crippen LogP contribution in [0.1, 0.15) is 31.0 Å². The van der Waals surface area contributed by atoms with E-state index in [4.69, 9.17) is 4.74 Å². The molecule has 2 aromatic carbocycles. The van der Waals surface area contributed by atoms with Crippen LogP contribution in [0.4, 0.5) is 5.69 Å². The molecule has 0 unspecified atom stereocenters. The van der Waals surface area contributed by atoms with Crippen LogP contribution in [-0.2, 0) is 4.79 Å². The van der Waals surface area contributed by atoms with Crippen molar-refractivity contribution in [2.45, 2.75) is 19.9 Å². The number of hydrogen-bond acceptors (Lipinski definition) is 4. The minimum absolute atomic E-state index is 0.0192. The van der Waals surface area contributed by atoms with E-state index in [0.717, 1.165) is 16.9 Å². The number of hydrogen-bond donors (Lipinski definition) is 1. The molecule has 25 heavy (non-hydrogen) atoms. The Balaban J connectivity index is 1.93. The van der Waals surface area contributed by atoms with Crippen molar-refractivity contribution in [3.05, 3.63) is 75.8 Å². The van der Waals surface area contributed by atoms with E-state index in [0.29, 0.717) is 6.61 Å². The number of benzene rings is 2. The Kier molecular flexibility index (Phi) is 6.28. The zero-order valence-corrected chi connectivity index (χ0v) is 14.1. The van der Waals surface area contributed by atoms with Crippen LogP contribution < -0.4 is 10.1 Å². The van der Waals surface area contributed by atoms with Gasteiger partial charge < -0.3 is 10.1 Å². The fourth-order valence-corrected chi connectivity index (χ4v) is 2.24. The van der Waals surface area contributed by atoms with E-state index in [-0.39, 0.29) is 17.6 Å². The molecule has 0 spiro atoms. The zero-order valence-electron chi connectivity index (χ0n) is 14.1. The maximum Gasteiger partial charge on any atom is 0.269 e. The molecule has 0 aromatic heterocycles. The van der Waals surface area contributed by atoms with E-state index >= 15 is 0 Å². The third-order valence-corrected chi connectivity index (χ3v) is 3.58. The Morgan fingerprint density at radius 3 is 2.40 bits per heavy atom. The normalized spacial score (nSPS) is 11.9. The molecule has 6 heteroatoms. The summed E-state index contributed by atoms with van der Waals surface area (Å²) in [5.74, 6) is 0.558. The van der Waals surface area contributed by atoms with E-state index in [2.05, 4.69) is 5.32 Å². The summed E-state index contributed by atoms with van der Waals surface area (Å²) in [5.41, 5.74) is 1.71. The Hall–Kier alpha value is -3.15. The minimum Gasteiger partial charge on any atom is -0.494 e. The van der Waals surface area contributed by atoms with Gasteiger partial charge in [-0.05, 0) is 55.3 Å². The number of amides is 1. The number of carbonyl (C=O) groups excluding carboxylic acids is 1.